The van der Waals surface area contributed by atoms with Gasteiger partial charge < -0.3 is 0 Å². The summed E-state index contributed by atoms with van der Waals surface area (Å²) in [6, 6.07) is 15.3. The van der Waals surface area contributed by atoms with Crippen molar-refractivity contribution in [1.29, 1.82) is 0 Å². The summed E-state index contributed by atoms with van der Waals surface area (Å²) in [4.78, 5) is 12.6. The monoisotopic (exact) mass is 377 g/mol. The zero-order valence-corrected chi connectivity index (χ0v) is 15.3. The minimum Gasteiger partial charge on any atom is -0.252 e. The van der Waals surface area contributed by atoms with Crippen LogP contribution in [0.5, 0.6) is 0 Å². The maximum atomic E-state index is 14.1. The van der Waals surface area contributed by atoms with E-state index in [1.807, 2.05) is 50.4 Å². The molecule has 0 aliphatic rings. The van der Waals surface area contributed by atoms with Gasteiger partial charge in [-0.25, -0.2) is 9.67 Å². The van der Waals surface area contributed by atoms with Crippen LogP contribution in [0.1, 0.15) is 25.2 Å². The third-order valence-corrected chi connectivity index (χ3v) is 4.59. The summed E-state index contributed by atoms with van der Waals surface area (Å²) < 4.78 is 28.9. The lowest BCUT2D eigenvalue weighted by Crippen LogP contribution is -2.23. The van der Waals surface area contributed by atoms with Crippen LogP contribution in [0.25, 0.3) is 17.1 Å². The van der Waals surface area contributed by atoms with Crippen molar-refractivity contribution in [2.24, 2.45) is 0 Å². The van der Waals surface area contributed by atoms with Crippen molar-refractivity contribution < 1.29 is 8.78 Å². The Labute approximate surface area is 160 Å². The van der Waals surface area contributed by atoms with E-state index in [9.17, 15) is 8.78 Å². The fourth-order valence-electron chi connectivity index (χ4n) is 2.97. The van der Waals surface area contributed by atoms with E-state index in [1.54, 1.807) is 23.0 Å². The predicted octanol–water partition coefficient (Wildman–Crippen LogP) is 4.33. The zero-order valence-electron chi connectivity index (χ0n) is 15.3. The Hall–Kier alpha value is -3.48. The first-order chi connectivity index (χ1) is 13.4. The van der Waals surface area contributed by atoms with Gasteiger partial charge in [-0.3, -0.25) is 4.98 Å². The van der Waals surface area contributed by atoms with E-state index in [1.165, 1.54) is 6.07 Å². The summed E-state index contributed by atoms with van der Waals surface area (Å²) in [7, 11) is 0. The molecule has 0 N–H and O–H groups in total. The molecule has 0 saturated heterocycles. The maximum Gasteiger partial charge on any atom is 0.224 e. The maximum absolute atomic E-state index is 14.1. The second-order valence-corrected chi connectivity index (χ2v) is 6.84. The first-order valence-electron chi connectivity index (χ1n) is 8.72. The lowest BCUT2D eigenvalue weighted by Gasteiger charge is -2.24. The second-order valence-electron chi connectivity index (χ2n) is 6.84. The van der Waals surface area contributed by atoms with Gasteiger partial charge in [-0.1, -0.05) is 12.1 Å². The molecule has 5 nitrogen and oxygen atoms in total. The van der Waals surface area contributed by atoms with Gasteiger partial charge in [0.2, 0.25) is 11.9 Å². The quantitative estimate of drug-likeness (QED) is 0.497. The van der Waals surface area contributed by atoms with E-state index in [4.69, 9.17) is 4.98 Å². The SMILES string of the molecule is CC(C)(c1cccc(-c2ccc(F)nc2F)n1)c1cccc(-n2cccn2)n1. The Morgan fingerprint density at radius 2 is 1.57 bits per heavy atom. The van der Waals surface area contributed by atoms with Crippen molar-refractivity contribution in [1.82, 2.24) is 24.7 Å². The molecule has 4 aromatic heterocycles. The van der Waals surface area contributed by atoms with Gasteiger partial charge in [0.1, 0.15) is 0 Å². The van der Waals surface area contributed by atoms with Gasteiger partial charge >= 0.3 is 0 Å². The molecule has 4 heterocycles. The van der Waals surface area contributed by atoms with Gasteiger partial charge in [-0.2, -0.15) is 18.9 Å². The number of aromatic nitrogens is 5. The molecule has 0 spiro atoms. The van der Waals surface area contributed by atoms with Gasteiger partial charge in [-0.05, 0) is 56.3 Å². The Kier molecular flexibility index (Phi) is 4.43. The third kappa shape index (κ3) is 3.26. The van der Waals surface area contributed by atoms with Gasteiger partial charge in [0, 0.05) is 17.8 Å². The summed E-state index contributed by atoms with van der Waals surface area (Å²) in [6.07, 6.45) is 3.51. The van der Waals surface area contributed by atoms with Crippen LogP contribution >= 0.6 is 0 Å². The Bertz CT molecular complexity index is 1120. The molecule has 0 fully saturated rings. The van der Waals surface area contributed by atoms with Crippen LogP contribution in [0.4, 0.5) is 8.78 Å². The van der Waals surface area contributed by atoms with Gasteiger partial charge in [0.25, 0.3) is 0 Å². The molecule has 0 aromatic carbocycles. The highest BCUT2D eigenvalue weighted by Crippen LogP contribution is 2.31. The van der Waals surface area contributed by atoms with Crippen molar-refractivity contribution in [2.75, 3.05) is 0 Å². The smallest absolute Gasteiger partial charge is 0.224 e. The molecule has 7 heteroatoms. The van der Waals surface area contributed by atoms with Crippen LogP contribution in [0.2, 0.25) is 0 Å². The largest absolute Gasteiger partial charge is 0.252 e. The molecule has 0 aliphatic heterocycles. The average molecular weight is 377 g/mol. The van der Waals surface area contributed by atoms with Crippen LogP contribution in [0, 0.1) is 11.9 Å². The summed E-state index contributed by atoms with van der Waals surface area (Å²) in [5.41, 5.74) is 1.49. The summed E-state index contributed by atoms with van der Waals surface area (Å²) >= 11 is 0. The van der Waals surface area contributed by atoms with Crippen LogP contribution in [-0.4, -0.2) is 24.7 Å². The molecule has 28 heavy (non-hydrogen) atoms. The standard InChI is InChI=1S/C21H17F2N5/c1-21(2,17-8-4-9-19(26-17)28-13-5-12-24-28)16-7-3-6-15(25-16)14-10-11-18(22)27-20(14)23/h3-13H,1-2H3. The number of nitrogens with zero attached hydrogens (tertiary/aromatic N) is 5. The van der Waals surface area contributed by atoms with Gasteiger partial charge in [0.15, 0.2) is 5.82 Å². The highest BCUT2D eigenvalue weighted by molar-refractivity contribution is 5.59. The molecule has 4 aromatic rings. The van der Waals surface area contributed by atoms with E-state index in [0.29, 0.717) is 17.2 Å². The number of hydrogen-bond acceptors (Lipinski definition) is 4. The van der Waals surface area contributed by atoms with Crippen molar-refractivity contribution in [3.05, 3.63) is 90.3 Å². The molecule has 0 unspecified atom stereocenters. The van der Waals surface area contributed by atoms with Gasteiger partial charge in [-0.15, -0.1) is 0 Å². The predicted molar refractivity (Wildman–Crippen MR) is 101 cm³/mol. The lowest BCUT2D eigenvalue weighted by molar-refractivity contribution is 0.514. The fraction of sp³-hybridized carbons (Fsp3) is 0.143. The van der Waals surface area contributed by atoms with Gasteiger partial charge in [0.05, 0.1) is 22.6 Å². The Balaban J connectivity index is 1.75. The Morgan fingerprint density at radius 3 is 2.29 bits per heavy atom. The lowest BCUT2D eigenvalue weighted by atomic mass is 9.84. The number of pyridine rings is 3. The third-order valence-electron chi connectivity index (χ3n) is 4.59. The van der Waals surface area contributed by atoms with Crippen LogP contribution in [0.15, 0.2) is 67.0 Å². The molecule has 0 bridgehead atoms. The molecule has 4 rings (SSSR count). The van der Waals surface area contributed by atoms with E-state index >= 15 is 0 Å². The van der Waals surface area contributed by atoms with Crippen molar-refractivity contribution >= 4 is 0 Å². The normalized spacial score (nSPS) is 11.6. The molecule has 0 radical (unpaired) electrons. The molecule has 0 aliphatic carbocycles. The number of halogens is 2. The molecular weight excluding hydrogens is 360 g/mol. The van der Waals surface area contributed by atoms with E-state index in [0.717, 1.165) is 11.8 Å². The number of rotatable bonds is 4. The second kappa shape index (κ2) is 6.92. The highest BCUT2D eigenvalue weighted by Gasteiger charge is 2.27. The van der Waals surface area contributed by atoms with Crippen molar-refractivity contribution in [2.45, 2.75) is 19.3 Å². The van der Waals surface area contributed by atoms with Crippen LogP contribution in [0.3, 0.4) is 0 Å². The zero-order chi connectivity index (χ0) is 19.7. The average Bonchev–Trinajstić information content (AvgIpc) is 3.23. The topological polar surface area (TPSA) is 56.5 Å². The van der Waals surface area contributed by atoms with Crippen molar-refractivity contribution in [3.8, 4) is 17.1 Å². The molecule has 140 valence electrons. The first-order valence-corrected chi connectivity index (χ1v) is 8.72. The van der Waals surface area contributed by atoms with E-state index in [-0.39, 0.29) is 5.56 Å². The summed E-state index contributed by atoms with van der Waals surface area (Å²) in [5, 5.41) is 4.21. The summed E-state index contributed by atoms with van der Waals surface area (Å²) in [6.45, 7) is 3.99. The molecule has 0 saturated carbocycles. The van der Waals surface area contributed by atoms with Crippen LogP contribution in [-0.2, 0) is 5.41 Å². The molecule has 0 atom stereocenters. The highest BCUT2D eigenvalue weighted by atomic mass is 19.1. The van der Waals surface area contributed by atoms with E-state index in [2.05, 4.69) is 15.1 Å². The fourth-order valence-corrected chi connectivity index (χ4v) is 2.97. The molecule has 0 amide bonds. The first kappa shape index (κ1) is 17.9. The number of hydrogen-bond donors (Lipinski definition) is 0. The molecular formula is C21H17F2N5. The van der Waals surface area contributed by atoms with Crippen LogP contribution < -0.4 is 0 Å². The Morgan fingerprint density at radius 1 is 0.821 bits per heavy atom. The minimum absolute atomic E-state index is 0.150. The van der Waals surface area contributed by atoms with E-state index < -0.39 is 17.3 Å². The van der Waals surface area contributed by atoms with Crippen molar-refractivity contribution in [3.63, 3.8) is 0 Å². The summed E-state index contributed by atoms with van der Waals surface area (Å²) in [5.74, 6) is -1.06. The minimum atomic E-state index is -0.888.